The highest BCUT2D eigenvalue weighted by molar-refractivity contribution is 9.10. The summed E-state index contributed by atoms with van der Waals surface area (Å²) in [5, 5.41) is 11.3. The predicted molar refractivity (Wildman–Crippen MR) is 71.0 cm³/mol. The Labute approximate surface area is 117 Å². The summed E-state index contributed by atoms with van der Waals surface area (Å²) in [6, 6.07) is 9.41. The third-order valence-corrected chi connectivity index (χ3v) is 2.90. The fourth-order valence-corrected chi connectivity index (χ4v) is 1.84. The number of halogens is 2. The van der Waals surface area contributed by atoms with E-state index in [2.05, 4.69) is 26.2 Å². The summed E-state index contributed by atoms with van der Waals surface area (Å²) in [5.74, 6) is -0.706. The molecule has 1 aromatic carbocycles. The third-order valence-electron chi connectivity index (χ3n) is 2.29. The first kappa shape index (κ1) is 13.2. The van der Waals surface area contributed by atoms with E-state index in [0.717, 1.165) is 6.20 Å². The summed E-state index contributed by atoms with van der Waals surface area (Å²) in [4.78, 5) is 15.7. The van der Waals surface area contributed by atoms with E-state index in [1.54, 1.807) is 18.2 Å². The Kier molecular flexibility index (Phi) is 3.88. The number of amides is 1. The molecule has 0 spiro atoms. The molecule has 0 fully saturated rings. The second-order valence-corrected chi connectivity index (χ2v) is 4.49. The lowest BCUT2D eigenvalue weighted by molar-refractivity contribution is 0.102. The lowest BCUT2D eigenvalue weighted by Gasteiger charge is -2.06. The van der Waals surface area contributed by atoms with Crippen LogP contribution in [0.3, 0.4) is 0 Å². The second-order valence-electron chi connectivity index (χ2n) is 3.63. The maximum absolute atomic E-state index is 12.9. The van der Waals surface area contributed by atoms with Crippen LogP contribution in [0.25, 0.3) is 0 Å². The smallest absolute Gasteiger partial charge is 0.256 e. The zero-order chi connectivity index (χ0) is 13.8. The molecule has 1 N–H and O–H groups in total. The number of aromatic nitrogens is 1. The molecule has 1 aromatic heterocycles. The minimum Gasteiger partial charge on any atom is -0.306 e. The van der Waals surface area contributed by atoms with E-state index in [-0.39, 0.29) is 5.82 Å². The number of nitriles is 1. The molecule has 1 heterocycles. The van der Waals surface area contributed by atoms with Gasteiger partial charge in [-0.15, -0.1) is 0 Å². The van der Waals surface area contributed by atoms with Gasteiger partial charge in [-0.1, -0.05) is 6.07 Å². The van der Waals surface area contributed by atoms with Crippen molar-refractivity contribution in [3.05, 3.63) is 57.9 Å². The molecule has 19 heavy (non-hydrogen) atoms. The van der Waals surface area contributed by atoms with Gasteiger partial charge in [-0.25, -0.2) is 9.37 Å². The van der Waals surface area contributed by atoms with Crippen molar-refractivity contribution in [2.45, 2.75) is 0 Å². The van der Waals surface area contributed by atoms with Crippen molar-refractivity contribution in [1.29, 1.82) is 5.26 Å². The number of benzene rings is 1. The van der Waals surface area contributed by atoms with E-state index in [4.69, 9.17) is 5.26 Å². The van der Waals surface area contributed by atoms with Crippen molar-refractivity contribution >= 4 is 27.7 Å². The van der Waals surface area contributed by atoms with Gasteiger partial charge < -0.3 is 5.32 Å². The second kappa shape index (κ2) is 5.59. The highest BCUT2D eigenvalue weighted by atomic mass is 79.9. The van der Waals surface area contributed by atoms with E-state index < -0.39 is 11.7 Å². The number of carbonyl (C=O) groups is 1. The van der Waals surface area contributed by atoms with Crippen LogP contribution in [-0.4, -0.2) is 10.9 Å². The van der Waals surface area contributed by atoms with Gasteiger partial charge in [-0.3, -0.25) is 4.79 Å². The Morgan fingerprint density at radius 1 is 1.42 bits per heavy atom. The predicted octanol–water partition coefficient (Wildman–Crippen LogP) is 3.11. The van der Waals surface area contributed by atoms with Crippen LogP contribution in [0.2, 0.25) is 0 Å². The van der Waals surface area contributed by atoms with Crippen LogP contribution in [0.4, 0.5) is 10.2 Å². The number of nitrogens with one attached hydrogen (secondary N) is 1. The summed E-state index contributed by atoms with van der Waals surface area (Å²) < 4.78 is 13.2. The molecule has 2 aromatic rings. The zero-order valence-electron chi connectivity index (χ0n) is 9.52. The summed E-state index contributed by atoms with van der Waals surface area (Å²) in [5.41, 5.74) is 0.718. The highest BCUT2D eigenvalue weighted by Crippen LogP contribution is 2.20. The maximum atomic E-state index is 12.9. The first-order valence-electron chi connectivity index (χ1n) is 5.22. The number of hydrogen-bond acceptors (Lipinski definition) is 3. The monoisotopic (exact) mass is 319 g/mol. The summed E-state index contributed by atoms with van der Waals surface area (Å²) >= 11 is 3.11. The maximum Gasteiger partial charge on any atom is 0.256 e. The molecular formula is C13H7BrFN3O. The van der Waals surface area contributed by atoms with Crippen molar-refractivity contribution in [2.24, 2.45) is 0 Å². The van der Waals surface area contributed by atoms with Gasteiger partial charge in [0.15, 0.2) is 0 Å². The fraction of sp³-hybridized carbons (Fsp3) is 0. The van der Waals surface area contributed by atoms with Crippen LogP contribution < -0.4 is 5.32 Å². The van der Waals surface area contributed by atoms with Crippen molar-refractivity contribution in [1.82, 2.24) is 4.98 Å². The molecule has 0 aliphatic carbocycles. The van der Waals surface area contributed by atoms with Gasteiger partial charge in [-0.05, 0) is 40.2 Å². The number of rotatable bonds is 2. The molecule has 0 saturated heterocycles. The van der Waals surface area contributed by atoms with Gasteiger partial charge in [0, 0.05) is 5.56 Å². The topological polar surface area (TPSA) is 65.8 Å². The van der Waals surface area contributed by atoms with E-state index in [1.807, 2.05) is 6.07 Å². The van der Waals surface area contributed by atoms with Gasteiger partial charge in [0.25, 0.3) is 5.91 Å². The fourth-order valence-electron chi connectivity index (χ4n) is 1.42. The molecule has 0 aliphatic rings. The first-order chi connectivity index (χ1) is 9.10. The Morgan fingerprint density at radius 3 is 2.89 bits per heavy atom. The Bertz CT molecular complexity index is 682. The molecule has 0 saturated carbocycles. The molecule has 1 amide bonds. The molecule has 0 radical (unpaired) electrons. The molecule has 4 nitrogen and oxygen atoms in total. The van der Waals surface area contributed by atoms with Crippen molar-refractivity contribution in [3.8, 4) is 6.07 Å². The Morgan fingerprint density at radius 2 is 2.21 bits per heavy atom. The minimum atomic E-state index is -0.503. The van der Waals surface area contributed by atoms with Crippen molar-refractivity contribution in [3.63, 3.8) is 0 Å². The van der Waals surface area contributed by atoms with E-state index in [1.165, 1.54) is 12.1 Å². The quantitative estimate of drug-likeness (QED) is 0.924. The van der Waals surface area contributed by atoms with Gasteiger partial charge in [-0.2, -0.15) is 5.26 Å². The highest BCUT2D eigenvalue weighted by Gasteiger charge is 2.10. The average Bonchev–Trinajstić information content (AvgIpc) is 2.42. The number of nitrogens with zero attached hydrogens (tertiary/aromatic N) is 2. The van der Waals surface area contributed by atoms with Crippen LogP contribution in [0, 0.1) is 17.1 Å². The lowest BCUT2D eigenvalue weighted by atomic mass is 10.1. The van der Waals surface area contributed by atoms with Crippen molar-refractivity contribution in [2.75, 3.05) is 5.32 Å². The molecule has 6 heteroatoms. The average molecular weight is 320 g/mol. The summed E-state index contributed by atoms with van der Waals surface area (Å²) in [6.07, 6.45) is 1.01. The van der Waals surface area contributed by atoms with Gasteiger partial charge in [0.1, 0.15) is 11.6 Å². The number of anilines is 1. The van der Waals surface area contributed by atoms with Gasteiger partial charge in [0.2, 0.25) is 0 Å². The van der Waals surface area contributed by atoms with E-state index in [9.17, 15) is 9.18 Å². The zero-order valence-corrected chi connectivity index (χ0v) is 11.1. The Balaban J connectivity index is 2.23. The molecule has 0 unspecified atom stereocenters. The molecular weight excluding hydrogens is 313 g/mol. The molecule has 2 rings (SSSR count). The van der Waals surface area contributed by atoms with Crippen LogP contribution in [-0.2, 0) is 0 Å². The van der Waals surface area contributed by atoms with Crippen LogP contribution in [0.5, 0.6) is 0 Å². The molecule has 0 aliphatic heterocycles. The lowest BCUT2D eigenvalue weighted by Crippen LogP contribution is -2.13. The molecule has 0 bridgehead atoms. The van der Waals surface area contributed by atoms with E-state index in [0.29, 0.717) is 15.6 Å². The number of hydrogen-bond donors (Lipinski definition) is 1. The SMILES string of the molecule is N#Cc1cccc(C(=O)Nc2ncc(F)cc2Br)c1. The molecule has 0 atom stereocenters. The van der Waals surface area contributed by atoms with Crippen LogP contribution >= 0.6 is 15.9 Å². The summed E-state index contributed by atoms with van der Waals surface area (Å²) in [7, 11) is 0. The van der Waals surface area contributed by atoms with E-state index >= 15 is 0 Å². The third kappa shape index (κ3) is 3.14. The van der Waals surface area contributed by atoms with Crippen molar-refractivity contribution < 1.29 is 9.18 Å². The molecule has 94 valence electrons. The normalized spacial score (nSPS) is 9.74. The van der Waals surface area contributed by atoms with Crippen LogP contribution in [0.15, 0.2) is 41.0 Å². The largest absolute Gasteiger partial charge is 0.306 e. The standard InChI is InChI=1S/C13H7BrFN3O/c14-11-5-10(15)7-17-12(11)18-13(19)9-3-1-2-8(4-9)6-16/h1-5,7H,(H,17,18,19). The van der Waals surface area contributed by atoms with Crippen LogP contribution in [0.1, 0.15) is 15.9 Å². The Hall–Kier alpha value is -2.26. The van der Waals surface area contributed by atoms with Gasteiger partial charge in [0.05, 0.1) is 22.3 Å². The van der Waals surface area contributed by atoms with Gasteiger partial charge >= 0.3 is 0 Å². The summed E-state index contributed by atoms with van der Waals surface area (Å²) in [6.45, 7) is 0. The minimum absolute atomic E-state index is 0.216. The first-order valence-corrected chi connectivity index (χ1v) is 6.02. The number of carbonyl (C=O) groups excluding carboxylic acids is 1. The number of pyridine rings is 1.